The molecule has 1 N–H and O–H groups in total. The Morgan fingerprint density at radius 1 is 1.19 bits per heavy atom. The number of carboxylic acids is 1. The van der Waals surface area contributed by atoms with E-state index in [1.165, 1.54) is 58.9 Å². The molecule has 26 heavy (non-hydrogen) atoms. The normalized spacial score (nSPS) is 10.9. The number of carboxylic acid groups (broad SMARTS) is 1. The lowest BCUT2D eigenvalue weighted by Gasteiger charge is -2.10. The van der Waals surface area contributed by atoms with Gasteiger partial charge in [0.1, 0.15) is 11.6 Å². The van der Waals surface area contributed by atoms with Gasteiger partial charge in [-0.3, -0.25) is 4.57 Å². The second-order valence-electron chi connectivity index (χ2n) is 5.34. The molecule has 1 aromatic heterocycles. The van der Waals surface area contributed by atoms with Crippen LogP contribution in [0.15, 0.2) is 53.8 Å². The Balaban J connectivity index is 1.84. The number of benzene rings is 2. The molecule has 0 aliphatic carbocycles. The molecule has 1 heterocycles. The van der Waals surface area contributed by atoms with Crippen LogP contribution in [-0.4, -0.2) is 26.4 Å². The van der Waals surface area contributed by atoms with E-state index in [2.05, 4.69) is 4.98 Å². The molecule has 3 aromatic rings. The van der Waals surface area contributed by atoms with E-state index in [1.54, 1.807) is 6.07 Å². The molecule has 0 aliphatic rings. The van der Waals surface area contributed by atoms with Gasteiger partial charge in [-0.1, -0.05) is 29.4 Å². The van der Waals surface area contributed by atoms with Gasteiger partial charge in [0, 0.05) is 22.0 Å². The van der Waals surface area contributed by atoms with Crippen LogP contribution < -0.4 is 0 Å². The molecule has 0 saturated carbocycles. The van der Waals surface area contributed by atoms with Crippen molar-refractivity contribution in [1.29, 1.82) is 0 Å². The molecule has 0 atom stereocenters. The van der Waals surface area contributed by atoms with Gasteiger partial charge >= 0.3 is 5.97 Å². The first kappa shape index (κ1) is 18.4. The smallest absolute Gasteiger partial charge is 0.354 e. The first-order valence-corrected chi connectivity index (χ1v) is 8.96. The van der Waals surface area contributed by atoms with Gasteiger partial charge in [-0.15, -0.1) is 0 Å². The van der Waals surface area contributed by atoms with Crippen LogP contribution in [0.5, 0.6) is 0 Å². The molecule has 0 amide bonds. The molecular weight excluding hydrogens is 382 g/mol. The Morgan fingerprint density at radius 2 is 1.92 bits per heavy atom. The minimum Gasteiger partial charge on any atom is -0.477 e. The van der Waals surface area contributed by atoms with E-state index in [4.69, 9.17) is 11.6 Å². The highest BCUT2D eigenvalue weighted by molar-refractivity contribution is 7.99. The van der Waals surface area contributed by atoms with Crippen molar-refractivity contribution in [3.8, 4) is 5.69 Å². The number of hydrogen-bond acceptors (Lipinski definition) is 3. The maximum Gasteiger partial charge on any atom is 0.354 e. The van der Waals surface area contributed by atoms with Gasteiger partial charge < -0.3 is 5.11 Å². The van der Waals surface area contributed by atoms with Crippen LogP contribution in [0.2, 0.25) is 5.02 Å². The van der Waals surface area contributed by atoms with E-state index in [0.29, 0.717) is 33.6 Å². The zero-order chi connectivity index (χ0) is 18.7. The van der Waals surface area contributed by atoms with Crippen molar-refractivity contribution in [1.82, 2.24) is 9.55 Å². The largest absolute Gasteiger partial charge is 0.477 e. The first-order chi connectivity index (χ1) is 12.5. The Labute approximate surface area is 157 Å². The van der Waals surface area contributed by atoms with Crippen LogP contribution in [0.3, 0.4) is 0 Å². The number of aromatic carboxylic acids is 1. The van der Waals surface area contributed by atoms with Gasteiger partial charge in [-0.2, -0.15) is 0 Å². The van der Waals surface area contributed by atoms with Gasteiger partial charge in [-0.25, -0.2) is 18.6 Å². The number of aromatic nitrogens is 2. The molecule has 0 bridgehead atoms. The van der Waals surface area contributed by atoms with E-state index in [-0.39, 0.29) is 11.5 Å². The molecule has 0 saturated heterocycles. The number of thioether (sulfide) groups is 1. The third kappa shape index (κ3) is 3.89. The third-order valence-corrected chi connectivity index (χ3v) is 4.99. The lowest BCUT2D eigenvalue weighted by molar-refractivity contribution is 0.0687. The highest BCUT2D eigenvalue weighted by Crippen LogP contribution is 2.26. The second kappa shape index (κ2) is 7.88. The molecule has 0 aliphatic heterocycles. The van der Waals surface area contributed by atoms with E-state index in [9.17, 15) is 18.7 Å². The molecule has 0 fully saturated rings. The highest BCUT2D eigenvalue weighted by atomic mass is 35.5. The summed E-state index contributed by atoms with van der Waals surface area (Å²) in [4.78, 5) is 15.6. The van der Waals surface area contributed by atoms with E-state index >= 15 is 0 Å². The fraction of sp³-hybridized carbons (Fsp3) is 0.111. The van der Waals surface area contributed by atoms with Gasteiger partial charge in [-0.05, 0) is 42.8 Å². The van der Waals surface area contributed by atoms with Gasteiger partial charge in [0.15, 0.2) is 10.9 Å². The van der Waals surface area contributed by atoms with Gasteiger partial charge in [0.05, 0.1) is 6.20 Å². The van der Waals surface area contributed by atoms with Crippen molar-refractivity contribution in [2.45, 2.75) is 11.6 Å². The number of hydrogen-bond donors (Lipinski definition) is 1. The molecule has 3 rings (SSSR count). The molecule has 0 radical (unpaired) electrons. The summed E-state index contributed by atoms with van der Waals surface area (Å²) >= 11 is 7.28. The van der Waals surface area contributed by atoms with E-state index in [1.807, 2.05) is 0 Å². The SMILES string of the molecule is O=C(O)c1cnc(SCCc2c(F)cccc2Cl)n1-c1ccc(F)cc1. The highest BCUT2D eigenvalue weighted by Gasteiger charge is 2.18. The number of imidazole rings is 1. The molecule has 0 unspecified atom stereocenters. The fourth-order valence-corrected chi connectivity index (χ4v) is 3.65. The summed E-state index contributed by atoms with van der Waals surface area (Å²) in [7, 11) is 0. The summed E-state index contributed by atoms with van der Waals surface area (Å²) in [6.45, 7) is 0. The minimum absolute atomic E-state index is 0.0389. The zero-order valence-corrected chi connectivity index (χ0v) is 14.9. The summed E-state index contributed by atoms with van der Waals surface area (Å²) in [6.07, 6.45) is 1.60. The first-order valence-electron chi connectivity index (χ1n) is 7.60. The Hall–Kier alpha value is -2.38. The standard InChI is InChI=1S/C18H13ClF2N2O2S/c19-14-2-1-3-15(21)13(14)8-9-26-18-22-10-16(17(24)25)23(18)12-6-4-11(20)5-7-12/h1-7,10H,8-9H2,(H,24,25). The molecule has 2 aromatic carbocycles. The monoisotopic (exact) mass is 394 g/mol. The molecule has 4 nitrogen and oxygen atoms in total. The van der Waals surface area contributed by atoms with Crippen LogP contribution in [0, 0.1) is 11.6 Å². The summed E-state index contributed by atoms with van der Waals surface area (Å²) in [5.41, 5.74) is 0.843. The van der Waals surface area contributed by atoms with Crippen LogP contribution >= 0.6 is 23.4 Å². The average Bonchev–Trinajstić information content (AvgIpc) is 3.02. The maximum atomic E-state index is 13.8. The van der Waals surface area contributed by atoms with Gasteiger partial charge in [0.25, 0.3) is 0 Å². The molecule has 8 heteroatoms. The molecular formula is C18H13ClF2N2O2S. The topological polar surface area (TPSA) is 55.1 Å². The fourth-order valence-electron chi connectivity index (χ4n) is 2.44. The Kier molecular flexibility index (Phi) is 5.58. The van der Waals surface area contributed by atoms with E-state index < -0.39 is 11.8 Å². The lowest BCUT2D eigenvalue weighted by Crippen LogP contribution is -2.08. The van der Waals surface area contributed by atoms with Crippen LogP contribution in [0.1, 0.15) is 16.1 Å². The Morgan fingerprint density at radius 3 is 2.58 bits per heavy atom. The van der Waals surface area contributed by atoms with Crippen LogP contribution in [0.4, 0.5) is 8.78 Å². The predicted molar refractivity (Wildman–Crippen MR) is 96.3 cm³/mol. The number of carbonyl (C=O) groups is 1. The number of nitrogens with zero attached hydrogens (tertiary/aromatic N) is 2. The van der Waals surface area contributed by atoms with Crippen molar-refractivity contribution in [2.24, 2.45) is 0 Å². The van der Waals surface area contributed by atoms with Crippen molar-refractivity contribution >= 4 is 29.3 Å². The molecule has 0 spiro atoms. The average molecular weight is 395 g/mol. The van der Waals surface area contributed by atoms with Crippen LogP contribution in [-0.2, 0) is 6.42 Å². The number of rotatable bonds is 6. The molecule has 134 valence electrons. The summed E-state index contributed by atoms with van der Waals surface area (Å²) in [5.74, 6) is -1.51. The number of halogens is 3. The Bertz CT molecular complexity index is 925. The maximum absolute atomic E-state index is 13.8. The lowest BCUT2D eigenvalue weighted by atomic mass is 10.1. The van der Waals surface area contributed by atoms with Crippen molar-refractivity contribution in [3.63, 3.8) is 0 Å². The quantitative estimate of drug-likeness (QED) is 0.608. The van der Waals surface area contributed by atoms with Crippen LogP contribution in [0.25, 0.3) is 5.69 Å². The van der Waals surface area contributed by atoms with Crippen molar-refractivity contribution in [2.75, 3.05) is 5.75 Å². The van der Waals surface area contributed by atoms with Crippen molar-refractivity contribution in [3.05, 3.63) is 76.6 Å². The summed E-state index contributed by atoms with van der Waals surface area (Å²) in [6, 6.07) is 9.93. The van der Waals surface area contributed by atoms with Crippen molar-refractivity contribution < 1.29 is 18.7 Å². The van der Waals surface area contributed by atoms with E-state index in [0.717, 1.165) is 0 Å². The second-order valence-corrected chi connectivity index (χ2v) is 6.81. The summed E-state index contributed by atoms with van der Waals surface area (Å²) < 4.78 is 28.4. The predicted octanol–water partition coefficient (Wildman–Crippen LogP) is 4.84. The van der Waals surface area contributed by atoms with Gasteiger partial charge in [0.2, 0.25) is 0 Å². The minimum atomic E-state index is -1.15. The third-order valence-electron chi connectivity index (χ3n) is 3.68. The zero-order valence-electron chi connectivity index (χ0n) is 13.3. The summed E-state index contributed by atoms with van der Waals surface area (Å²) in [5, 5.41) is 10.1.